The fraction of sp³-hybridized carbons (Fsp3) is 0.323. The number of methoxy groups -OCH3 is 1. The van der Waals surface area contributed by atoms with Crippen molar-refractivity contribution < 1.29 is 29.0 Å². The third kappa shape index (κ3) is 6.72. The Labute approximate surface area is 234 Å². The van der Waals surface area contributed by atoms with Gasteiger partial charge in [0.25, 0.3) is 0 Å². The second-order valence-electron chi connectivity index (χ2n) is 10.2. The summed E-state index contributed by atoms with van der Waals surface area (Å²) in [5.41, 5.74) is 4.41. The van der Waals surface area contributed by atoms with Crippen molar-refractivity contribution in [3.63, 3.8) is 0 Å². The van der Waals surface area contributed by atoms with Crippen molar-refractivity contribution >= 4 is 35.0 Å². The van der Waals surface area contributed by atoms with Crippen LogP contribution in [-0.4, -0.2) is 43.3 Å². The van der Waals surface area contributed by atoms with E-state index in [1.807, 2.05) is 63.2 Å². The topological polar surface area (TPSA) is 117 Å². The van der Waals surface area contributed by atoms with E-state index in [9.17, 15) is 19.5 Å². The first-order valence-corrected chi connectivity index (χ1v) is 13.3. The van der Waals surface area contributed by atoms with Crippen molar-refractivity contribution in [2.24, 2.45) is 5.92 Å². The molecule has 3 amide bonds. The number of anilines is 3. The number of para-hydroxylation sites is 1. The number of ether oxygens (including phenoxy) is 2. The largest absolute Gasteiger partial charge is 0.495 e. The lowest BCUT2D eigenvalue weighted by Gasteiger charge is -2.31. The summed E-state index contributed by atoms with van der Waals surface area (Å²) in [6.07, 6.45) is 0.153. The minimum atomic E-state index is -0.849. The lowest BCUT2D eigenvalue weighted by atomic mass is 9.85. The molecule has 0 aliphatic carbocycles. The SMILES string of the molecule is COc1cc(CC(=O)N2CCOc3cc(C(CC(=O)O)C(C)C)ccc32)ccc1NC(=O)Nc1ccccc1C. The predicted molar refractivity (Wildman–Crippen MR) is 155 cm³/mol. The number of rotatable bonds is 9. The van der Waals surface area contributed by atoms with Gasteiger partial charge >= 0.3 is 12.0 Å². The molecule has 9 heteroatoms. The Hall–Kier alpha value is -4.53. The van der Waals surface area contributed by atoms with Crippen LogP contribution in [0.2, 0.25) is 0 Å². The zero-order chi connectivity index (χ0) is 28.8. The van der Waals surface area contributed by atoms with E-state index in [2.05, 4.69) is 10.6 Å². The number of aliphatic carboxylic acids is 1. The Balaban J connectivity index is 1.46. The highest BCUT2D eigenvalue weighted by molar-refractivity contribution is 6.01. The van der Waals surface area contributed by atoms with Crippen LogP contribution in [0.3, 0.4) is 0 Å². The van der Waals surface area contributed by atoms with Crippen molar-refractivity contribution in [1.29, 1.82) is 0 Å². The number of aryl methyl sites for hydroxylation is 1. The van der Waals surface area contributed by atoms with E-state index in [-0.39, 0.29) is 30.6 Å². The molecule has 3 aromatic rings. The number of nitrogens with zero attached hydrogens (tertiary/aromatic N) is 1. The molecule has 0 fully saturated rings. The Kier molecular flexibility index (Phi) is 8.93. The Morgan fingerprint density at radius 1 is 1.02 bits per heavy atom. The van der Waals surface area contributed by atoms with Crippen LogP contribution in [0.5, 0.6) is 11.5 Å². The molecule has 3 aromatic carbocycles. The Bertz CT molecular complexity index is 1400. The molecule has 0 saturated carbocycles. The standard InChI is InChI=1S/C31H35N3O6/c1-19(2)23(18-30(36)37)22-10-12-26-28(17-22)40-14-13-34(26)29(35)16-21-9-11-25(27(15-21)39-4)33-31(38)32-24-8-6-5-7-20(24)3/h5-12,15,17,19,23H,13-14,16,18H2,1-4H3,(H,36,37)(H2,32,33,38). The minimum Gasteiger partial charge on any atom is -0.495 e. The Morgan fingerprint density at radius 2 is 1.77 bits per heavy atom. The van der Waals surface area contributed by atoms with Crippen molar-refractivity contribution in [1.82, 2.24) is 0 Å². The smallest absolute Gasteiger partial charge is 0.323 e. The third-order valence-electron chi connectivity index (χ3n) is 7.04. The number of carbonyl (C=O) groups is 3. The van der Waals surface area contributed by atoms with Gasteiger partial charge in [0.1, 0.15) is 18.1 Å². The monoisotopic (exact) mass is 545 g/mol. The molecule has 1 aliphatic heterocycles. The zero-order valence-electron chi connectivity index (χ0n) is 23.2. The predicted octanol–water partition coefficient (Wildman–Crippen LogP) is 5.83. The van der Waals surface area contributed by atoms with Crippen molar-refractivity contribution in [3.05, 3.63) is 77.4 Å². The van der Waals surface area contributed by atoms with Crippen LogP contribution in [0.15, 0.2) is 60.7 Å². The molecule has 1 atom stereocenters. The van der Waals surface area contributed by atoms with Crippen molar-refractivity contribution in [2.45, 2.75) is 39.5 Å². The van der Waals surface area contributed by atoms with Gasteiger partial charge in [0.15, 0.2) is 0 Å². The molecule has 0 bridgehead atoms. The number of urea groups is 1. The van der Waals surface area contributed by atoms with Gasteiger partial charge in [0.05, 0.1) is 37.9 Å². The van der Waals surface area contributed by atoms with Crippen LogP contribution >= 0.6 is 0 Å². The molecule has 0 radical (unpaired) electrons. The molecule has 0 aromatic heterocycles. The summed E-state index contributed by atoms with van der Waals surface area (Å²) in [6, 6.07) is 17.9. The summed E-state index contributed by atoms with van der Waals surface area (Å²) in [6.45, 7) is 6.65. The first-order valence-electron chi connectivity index (χ1n) is 13.3. The van der Waals surface area contributed by atoms with E-state index in [1.165, 1.54) is 7.11 Å². The number of carboxylic acids is 1. The van der Waals surface area contributed by atoms with Crippen LogP contribution in [0.4, 0.5) is 21.9 Å². The van der Waals surface area contributed by atoms with Gasteiger partial charge in [-0.2, -0.15) is 0 Å². The molecular formula is C31H35N3O6. The number of hydrogen-bond donors (Lipinski definition) is 3. The molecule has 4 rings (SSSR count). The quantitative estimate of drug-likeness (QED) is 0.311. The van der Waals surface area contributed by atoms with Gasteiger partial charge in [-0.1, -0.05) is 44.2 Å². The molecule has 0 saturated heterocycles. The average Bonchev–Trinajstić information content (AvgIpc) is 2.92. The number of fused-ring (bicyclic) bond motifs is 1. The van der Waals surface area contributed by atoms with Crippen LogP contribution < -0.4 is 25.0 Å². The second-order valence-corrected chi connectivity index (χ2v) is 10.2. The number of benzene rings is 3. The van der Waals surface area contributed by atoms with E-state index in [0.717, 1.165) is 16.7 Å². The number of hydrogen-bond acceptors (Lipinski definition) is 5. The highest BCUT2D eigenvalue weighted by Gasteiger charge is 2.27. The molecule has 0 spiro atoms. The summed E-state index contributed by atoms with van der Waals surface area (Å²) in [4.78, 5) is 39.0. The lowest BCUT2D eigenvalue weighted by molar-refractivity contribution is -0.137. The molecule has 3 N–H and O–H groups in total. The van der Waals surface area contributed by atoms with Crippen LogP contribution in [0.1, 0.15) is 42.9 Å². The average molecular weight is 546 g/mol. The maximum Gasteiger partial charge on any atom is 0.323 e. The van der Waals surface area contributed by atoms with Gasteiger partial charge in [-0.05, 0) is 65.8 Å². The lowest BCUT2D eigenvalue weighted by Crippen LogP contribution is -2.39. The van der Waals surface area contributed by atoms with Gasteiger partial charge in [0, 0.05) is 5.69 Å². The van der Waals surface area contributed by atoms with Crippen molar-refractivity contribution in [2.75, 3.05) is 35.8 Å². The fourth-order valence-corrected chi connectivity index (χ4v) is 4.86. The van der Waals surface area contributed by atoms with E-state index < -0.39 is 12.0 Å². The molecule has 1 heterocycles. The maximum atomic E-state index is 13.4. The number of amides is 3. The normalized spacial score (nSPS) is 13.2. The summed E-state index contributed by atoms with van der Waals surface area (Å²) < 4.78 is 11.4. The zero-order valence-corrected chi connectivity index (χ0v) is 23.2. The maximum absolute atomic E-state index is 13.4. The van der Waals surface area contributed by atoms with Crippen LogP contribution in [0, 0.1) is 12.8 Å². The molecule has 1 unspecified atom stereocenters. The molecule has 9 nitrogen and oxygen atoms in total. The van der Waals surface area contributed by atoms with E-state index in [4.69, 9.17) is 9.47 Å². The van der Waals surface area contributed by atoms with Gasteiger partial charge in [-0.3, -0.25) is 9.59 Å². The second kappa shape index (κ2) is 12.5. The van der Waals surface area contributed by atoms with Gasteiger partial charge < -0.3 is 30.1 Å². The summed E-state index contributed by atoms with van der Waals surface area (Å²) >= 11 is 0. The molecule has 1 aliphatic rings. The number of carboxylic acid groups (broad SMARTS) is 1. The van der Waals surface area contributed by atoms with Gasteiger partial charge in [-0.15, -0.1) is 0 Å². The summed E-state index contributed by atoms with van der Waals surface area (Å²) in [5.74, 6) is 0.0358. The van der Waals surface area contributed by atoms with E-state index >= 15 is 0 Å². The highest BCUT2D eigenvalue weighted by atomic mass is 16.5. The van der Waals surface area contributed by atoms with E-state index in [0.29, 0.717) is 41.7 Å². The first-order chi connectivity index (χ1) is 19.2. The third-order valence-corrected chi connectivity index (χ3v) is 7.04. The minimum absolute atomic E-state index is 0.0271. The highest BCUT2D eigenvalue weighted by Crippen LogP contribution is 2.38. The number of carbonyl (C=O) groups excluding carboxylic acids is 2. The first kappa shape index (κ1) is 28.5. The van der Waals surface area contributed by atoms with Crippen molar-refractivity contribution in [3.8, 4) is 11.5 Å². The molecule has 210 valence electrons. The van der Waals surface area contributed by atoms with Crippen LogP contribution in [-0.2, 0) is 16.0 Å². The van der Waals surface area contributed by atoms with Crippen LogP contribution in [0.25, 0.3) is 0 Å². The fourth-order valence-electron chi connectivity index (χ4n) is 4.86. The Morgan fingerprint density at radius 3 is 2.48 bits per heavy atom. The molecule has 40 heavy (non-hydrogen) atoms. The van der Waals surface area contributed by atoms with Gasteiger partial charge in [-0.25, -0.2) is 4.79 Å². The van der Waals surface area contributed by atoms with Gasteiger partial charge in [0.2, 0.25) is 5.91 Å². The molecular weight excluding hydrogens is 510 g/mol. The number of nitrogens with one attached hydrogen (secondary N) is 2. The van der Waals surface area contributed by atoms with E-state index in [1.54, 1.807) is 23.1 Å². The summed E-state index contributed by atoms with van der Waals surface area (Å²) in [7, 11) is 1.51. The summed E-state index contributed by atoms with van der Waals surface area (Å²) in [5, 5.41) is 15.0.